The molecule has 6 rings (SSSR count). The summed E-state index contributed by atoms with van der Waals surface area (Å²) in [6.07, 6.45) is 7.69. The first-order chi connectivity index (χ1) is 21.0. The Kier molecular flexibility index (Phi) is 8.65. The van der Waals surface area contributed by atoms with Crippen LogP contribution in [0.3, 0.4) is 0 Å². The molecule has 0 unspecified atom stereocenters. The van der Waals surface area contributed by atoms with Crippen molar-refractivity contribution >= 4 is 12.1 Å². The van der Waals surface area contributed by atoms with Crippen molar-refractivity contribution in [2.24, 2.45) is 28.6 Å². The standard InChI is InChI=1S/C34H50N2O8/c1-22(37)44-28-20-34(40)27-7-6-24-19-25(35(4)31(39)42-18-15-36-13-16-41-17-14-36)9-11-32(24,2)26(27)10-12-33(34,3)30(28)23-5-8-29(38)43-21-23/h5,8,21,24-28,30,40H,6-7,9-20H2,1-4H3/t24-,25-,26-,27-,28-,30+,32-,33-,34-/m1/s1. The van der Waals surface area contributed by atoms with Crippen molar-refractivity contribution in [2.45, 2.75) is 95.8 Å². The van der Waals surface area contributed by atoms with Crippen LogP contribution in [0.25, 0.3) is 0 Å². The molecule has 1 amide bonds. The number of esters is 1. The molecule has 10 heteroatoms. The molecule has 5 aliphatic rings. The van der Waals surface area contributed by atoms with Gasteiger partial charge in [0, 0.05) is 63.5 Å². The predicted molar refractivity (Wildman–Crippen MR) is 162 cm³/mol. The zero-order valence-corrected chi connectivity index (χ0v) is 26.8. The SMILES string of the molecule is CC(=O)O[C@@H]1C[C@@]2(O)[C@@H]3CC[C@@H]4C[C@H](N(C)C(=O)OCCN5CCOCC5)CC[C@@]4(C)[C@@H]3CC[C@]2(C)[C@H]1c1ccc(=O)oc1. The lowest BCUT2D eigenvalue weighted by Gasteiger charge is -2.63. The van der Waals surface area contributed by atoms with Crippen LogP contribution in [0.5, 0.6) is 0 Å². The van der Waals surface area contributed by atoms with E-state index in [9.17, 15) is 19.5 Å². The molecule has 10 nitrogen and oxygen atoms in total. The van der Waals surface area contributed by atoms with Gasteiger partial charge in [0.15, 0.2) is 0 Å². The Morgan fingerprint density at radius 2 is 1.86 bits per heavy atom. The highest BCUT2D eigenvalue weighted by molar-refractivity contribution is 5.67. The maximum absolute atomic E-state index is 13.0. The van der Waals surface area contributed by atoms with Crippen molar-refractivity contribution in [3.05, 3.63) is 34.4 Å². The molecular formula is C34H50N2O8. The Balaban J connectivity index is 1.15. The van der Waals surface area contributed by atoms with Gasteiger partial charge in [0.2, 0.25) is 0 Å². The fourth-order valence-corrected chi connectivity index (χ4v) is 10.4. The molecule has 1 N–H and O–H groups in total. The number of ether oxygens (including phenoxy) is 3. The molecule has 1 aromatic rings. The van der Waals surface area contributed by atoms with Crippen LogP contribution in [-0.2, 0) is 19.0 Å². The number of nitrogens with zero attached hydrogens (tertiary/aromatic N) is 2. The third-order valence-electron chi connectivity index (χ3n) is 12.8. The van der Waals surface area contributed by atoms with Crippen molar-refractivity contribution in [1.82, 2.24) is 9.80 Å². The van der Waals surface area contributed by atoms with Gasteiger partial charge in [-0.2, -0.15) is 0 Å². The average molecular weight is 615 g/mol. The highest BCUT2D eigenvalue weighted by Gasteiger charge is 2.70. The molecule has 2 heterocycles. The number of carbonyl (C=O) groups excluding carboxylic acids is 2. The highest BCUT2D eigenvalue weighted by atomic mass is 16.6. The van der Waals surface area contributed by atoms with Crippen molar-refractivity contribution in [3.8, 4) is 0 Å². The van der Waals surface area contributed by atoms with Crippen LogP contribution in [0.4, 0.5) is 4.79 Å². The van der Waals surface area contributed by atoms with Gasteiger partial charge in [-0.15, -0.1) is 0 Å². The molecule has 1 saturated heterocycles. The Morgan fingerprint density at radius 3 is 2.57 bits per heavy atom. The Hall–Kier alpha value is -2.43. The first-order valence-electron chi connectivity index (χ1n) is 16.6. The van der Waals surface area contributed by atoms with Gasteiger partial charge in [-0.1, -0.05) is 13.8 Å². The first-order valence-corrected chi connectivity index (χ1v) is 16.6. The summed E-state index contributed by atoms with van der Waals surface area (Å²) in [4.78, 5) is 41.0. The highest BCUT2D eigenvalue weighted by Crippen LogP contribution is 2.71. The van der Waals surface area contributed by atoms with E-state index in [0.29, 0.717) is 24.9 Å². The number of carbonyl (C=O) groups is 2. The lowest BCUT2D eigenvalue weighted by atomic mass is 9.43. The van der Waals surface area contributed by atoms with E-state index < -0.39 is 22.7 Å². The van der Waals surface area contributed by atoms with Gasteiger partial charge in [-0.3, -0.25) is 9.69 Å². The first kappa shape index (κ1) is 31.5. The second-order valence-corrected chi connectivity index (χ2v) is 14.7. The number of hydrogen-bond donors (Lipinski definition) is 1. The maximum Gasteiger partial charge on any atom is 0.409 e. The normalized spacial score (nSPS) is 40.3. The van der Waals surface area contributed by atoms with Crippen LogP contribution < -0.4 is 5.63 Å². The fraction of sp³-hybridized carbons (Fsp3) is 0.794. The smallest absolute Gasteiger partial charge is 0.409 e. The van der Waals surface area contributed by atoms with E-state index in [-0.39, 0.29) is 35.4 Å². The largest absolute Gasteiger partial charge is 0.462 e. The van der Waals surface area contributed by atoms with Gasteiger partial charge in [0.05, 0.1) is 25.1 Å². The fourth-order valence-electron chi connectivity index (χ4n) is 10.4. The number of aliphatic hydroxyl groups is 1. The van der Waals surface area contributed by atoms with Gasteiger partial charge in [-0.25, -0.2) is 9.59 Å². The van der Waals surface area contributed by atoms with Crippen LogP contribution in [-0.4, -0.2) is 91.2 Å². The summed E-state index contributed by atoms with van der Waals surface area (Å²) in [6.45, 7) is 10.3. The number of amides is 1. The van der Waals surface area contributed by atoms with Crippen LogP contribution in [0.2, 0.25) is 0 Å². The van der Waals surface area contributed by atoms with Crippen molar-refractivity contribution < 1.29 is 33.3 Å². The monoisotopic (exact) mass is 614 g/mol. The minimum absolute atomic E-state index is 0.0616. The maximum atomic E-state index is 13.0. The van der Waals surface area contributed by atoms with E-state index in [1.165, 1.54) is 19.3 Å². The molecule has 9 atom stereocenters. The molecule has 44 heavy (non-hydrogen) atoms. The Labute approximate surface area is 260 Å². The van der Waals surface area contributed by atoms with Gasteiger partial charge >= 0.3 is 17.7 Å². The van der Waals surface area contributed by atoms with Gasteiger partial charge in [-0.05, 0) is 79.7 Å². The van der Waals surface area contributed by atoms with Gasteiger partial charge in [0.1, 0.15) is 12.7 Å². The molecule has 5 fully saturated rings. The van der Waals surface area contributed by atoms with Crippen LogP contribution in [0, 0.1) is 28.6 Å². The second kappa shape index (κ2) is 12.1. The van der Waals surface area contributed by atoms with Crippen molar-refractivity contribution in [3.63, 3.8) is 0 Å². The zero-order chi connectivity index (χ0) is 31.3. The summed E-state index contributed by atoms with van der Waals surface area (Å²) in [6, 6.07) is 3.32. The minimum Gasteiger partial charge on any atom is -0.462 e. The van der Waals surface area contributed by atoms with E-state index >= 15 is 0 Å². The van der Waals surface area contributed by atoms with E-state index in [1.54, 1.807) is 6.07 Å². The summed E-state index contributed by atoms with van der Waals surface area (Å²) in [5.74, 6) is 0.268. The number of fused-ring (bicyclic) bond motifs is 5. The van der Waals surface area contributed by atoms with E-state index in [0.717, 1.165) is 83.4 Å². The van der Waals surface area contributed by atoms with Crippen LogP contribution in [0.1, 0.15) is 83.6 Å². The third-order valence-corrected chi connectivity index (χ3v) is 12.8. The van der Waals surface area contributed by atoms with Gasteiger partial charge < -0.3 is 28.6 Å². The molecule has 0 bridgehead atoms. The molecule has 1 aliphatic heterocycles. The van der Waals surface area contributed by atoms with Crippen molar-refractivity contribution in [1.29, 1.82) is 0 Å². The molecule has 0 spiro atoms. The number of morpholine rings is 1. The Bertz CT molecular complexity index is 1260. The summed E-state index contributed by atoms with van der Waals surface area (Å²) in [5, 5.41) is 12.8. The van der Waals surface area contributed by atoms with Crippen LogP contribution in [0.15, 0.2) is 27.6 Å². The predicted octanol–water partition coefficient (Wildman–Crippen LogP) is 4.19. The minimum atomic E-state index is -1.01. The Morgan fingerprint density at radius 1 is 1.09 bits per heavy atom. The molecule has 1 aromatic heterocycles. The number of rotatable bonds is 6. The second-order valence-electron chi connectivity index (χ2n) is 14.7. The lowest BCUT2D eigenvalue weighted by Crippen LogP contribution is -2.62. The molecule has 244 valence electrons. The summed E-state index contributed by atoms with van der Waals surface area (Å²) in [5.41, 5.74) is -1.10. The quantitative estimate of drug-likeness (QED) is 0.471. The summed E-state index contributed by atoms with van der Waals surface area (Å²) < 4.78 is 22.2. The summed E-state index contributed by atoms with van der Waals surface area (Å²) in [7, 11) is 1.88. The molecule has 0 radical (unpaired) electrons. The molecular weight excluding hydrogens is 564 g/mol. The average Bonchev–Trinajstić information content (AvgIpc) is 3.23. The van der Waals surface area contributed by atoms with Gasteiger partial charge in [0.25, 0.3) is 0 Å². The third kappa shape index (κ3) is 5.38. The lowest BCUT2D eigenvalue weighted by molar-refractivity contribution is -0.203. The van der Waals surface area contributed by atoms with E-state index in [1.807, 2.05) is 11.9 Å². The zero-order valence-electron chi connectivity index (χ0n) is 26.8. The topological polar surface area (TPSA) is 119 Å². The summed E-state index contributed by atoms with van der Waals surface area (Å²) >= 11 is 0. The molecule has 4 aliphatic carbocycles. The molecule has 0 aromatic carbocycles. The number of hydrogen-bond acceptors (Lipinski definition) is 9. The van der Waals surface area contributed by atoms with E-state index in [2.05, 4.69) is 18.7 Å². The van der Waals surface area contributed by atoms with E-state index in [4.69, 9.17) is 18.6 Å². The van der Waals surface area contributed by atoms with Crippen molar-refractivity contribution in [2.75, 3.05) is 46.5 Å². The molecule has 4 saturated carbocycles. The van der Waals surface area contributed by atoms with Crippen LogP contribution >= 0.6 is 0 Å².